The molecule has 0 unspecified atom stereocenters. The Balaban J connectivity index is -0.0000000146. The van der Waals surface area contributed by atoms with E-state index in [0.717, 1.165) is 0 Å². The molecule has 0 heterocycles. The summed E-state index contributed by atoms with van der Waals surface area (Å²) in [5.41, 5.74) is 0. The first kappa shape index (κ1) is 36.0. The second kappa shape index (κ2) is 21.2. The monoisotopic (exact) mass is 312 g/mol. The molecule has 0 aromatic heterocycles. The van der Waals surface area contributed by atoms with Crippen LogP contribution < -0.4 is 0 Å². The summed E-state index contributed by atoms with van der Waals surface area (Å²) in [4.78, 5) is 14.3. The Morgan fingerprint density at radius 1 is 1.08 bits per heavy atom. The molecule has 0 aliphatic rings. The quantitative estimate of drug-likeness (QED) is 0.259. The van der Waals surface area contributed by atoms with Crippen molar-refractivity contribution in [3.05, 3.63) is 0 Å². The molecular formula is H11AlCaKNaO7SSi. The van der Waals surface area contributed by atoms with Crippen LogP contribution in [-0.2, 0) is 14.9 Å². The summed E-state index contributed by atoms with van der Waals surface area (Å²) in [6.45, 7) is 0. The van der Waals surface area contributed by atoms with E-state index in [2.05, 4.69) is 0 Å². The molecule has 4 N–H and O–H groups in total. The second-order valence-electron chi connectivity index (χ2n) is 0.730. The Hall–Kier alpha value is 3.92. The van der Waals surface area contributed by atoms with E-state index >= 15 is 0 Å². The molecule has 0 aromatic carbocycles. The van der Waals surface area contributed by atoms with Gasteiger partial charge in [-0.05, 0) is 0 Å². The molecule has 13 heavy (non-hydrogen) atoms. The maximum atomic E-state index is 8.74. The fraction of sp³-hybridized carbons (Fsp3) is 0. The number of hydrogen-bond donors (Lipinski definition) is 4. The summed E-state index contributed by atoms with van der Waals surface area (Å²) in [5, 5.41) is 0. The predicted octanol–water partition coefficient (Wildman–Crippen LogP) is -5.66. The van der Waals surface area contributed by atoms with Crippen molar-refractivity contribution in [2.45, 2.75) is 0 Å². The molecule has 0 bridgehead atoms. The molecule has 70 valence electrons. The summed E-state index contributed by atoms with van der Waals surface area (Å²) in [6, 6.07) is 0. The first-order chi connectivity index (χ1) is 3.73. The van der Waals surface area contributed by atoms with Gasteiger partial charge in [0.15, 0.2) is 17.4 Å². The van der Waals surface area contributed by atoms with Gasteiger partial charge in [-0.3, -0.25) is 13.6 Å². The molecule has 7 nitrogen and oxygen atoms in total. The Labute approximate surface area is 182 Å². The van der Waals surface area contributed by atoms with E-state index in [-0.39, 0.29) is 136 Å². The molecule has 0 fully saturated rings. The van der Waals surface area contributed by atoms with Crippen LogP contribution in [0, 0.1) is 0 Å². The Kier molecular flexibility index (Phi) is 58.7. The summed E-state index contributed by atoms with van der Waals surface area (Å²) in [6.07, 6.45) is 0. The van der Waals surface area contributed by atoms with Crippen molar-refractivity contribution in [1.29, 1.82) is 0 Å². The van der Waals surface area contributed by atoms with E-state index in [9.17, 15) is 0 Å². The fourth-order valence-corrected chi connectivity index (χ4v) is 0. The SMILES string of the molecule is O=S(=O)(O)O.O=[Si](O)O.[AlH3].[CaH2].[KH].[NaH]. The maximum absolute atomic E-state index is 8.74. The van der Waals surface area contributed by atoms with Gasteiger partial charge in [-0.1, -0.05) is 0 Å². The molecule has 0 aromatic rings. The predicted molar refractivity (Wildman–Crippen MR) is 57.8 cm³/mol. The normalized spacial score (nSPS) is 6.31. The second-order valence-corrected chi connectivity index (χ2v) is 2.19. The van der Waals surface area contributed by atoms with Gasteiger partial charge in [-0.25, -0.2) is 0 Å². The van der Waals surface area contributed by atoms with Crippen molar-refractivity contribution < 1.29 is 31.6 Å². The van der Waals surface area contributed by atoms with Crippen molar-refractivity contribution in [3.63, 3.8) is 0 Å². The van der Waals surface area contributed by atoms with Crippen LogP contribution in [0.3, 0.4) is 0 Å². The van der Waals surface area contributed by atoms with Crippen LogP contribution >= 0.6 is 0 Å². The third-order valence-electron chi connectivity index (χ3n) is 0. The summed E-state index contributed by atoms with van der Waals surface area (Å²) in [5.74, 6) is 0. The van der Waals surface area contributed by atoms with Crippen molar-refractivity contribution in [1.82, 2.24) is 0 Å². The third-order valence-corrected chi connectivity index (χ3v) is 0. The molecule has 0 amide bonds. The van der Waals surface area contributed by atoms with Gasteiger partial charge in [-0.2, -0.15) is 8.42 Å². The van der Waals surface area contributed by atoms with Crippen molar-refractivity contribution in [3.8, 4) is 0 Å². The number of hydrogen-bond acceptors (Lipinski definition) is 3. The standard InChI is InChI=1S/Al.Ca.K.Na.H2O4S.H2O3Si.7H/c;;;;1-5(2,3)4;1-4(2)3;;;;;;;/h;;;;(H2,1,2,3,4);1-2H;;;;;;;. The molecule has 0 saturated heterocycles. The van der Waals surface area contributed by atoms with Gasteiger partial charge in [0.05, 0.1) is 0 Å². The Bertz CT molecular complexity index is 171. The first-order valence-electron chi connectivity index (χ1n) is 1.35. The van der Waals surface area contributed by atoms with Crippen LogP contribution in [0.5, 0.6) is 0 Å². The van der Waals surface area contributed by atoms with Gasteiger partial charge in [0, 0.05) is 0 Å². The molecule has 0 spiro atoms. The van der Waals surface area contributed by atoms with Gasteiger partial charge in [0.25, 0.3) is 0 Å². The van der Waals surface area contributed by atoms with Crippen LogP contribution in [0.4, 0.5) is 0 Å². The summed E-state index contributed by atoms with van der Waals surface area (Å²) in [7, 11) is -7.80. The molecule has 0 radical (unpaired) electrons. The average Bonchev–Trinajstić information content (AvgIpc) is 1.19. The van der Waals surface area contributed by atoms with Crippen LogP contribution in [0.2, 0.25) is 0 Å². The van der Waals surface area contributed by atoms with E-state index in [0.29, 0.717) is 0 Å². The zero-order chi connectivity index (χ0) is 8.08. The van der Waals surface area contributed by atoms with E-state index in [1.54, 1.807) is 0 Å². The first-order valence-corrected chi connectivity index (χ1v) is 4.05. The average molecular weight is 312 g/mol. The molecule has 0 atom stereocenters. The number of rotatable bonds is 0. The van der Waals surface area contributed by atoms with Crippen LogP contribution in [-0.4, -0.2) is 172 Å². The Morgan fingerprint density at radius 3 is 1.08 bits per heavy atom. The van der Waals surface area contributed by atoms with Crippen LogP contribution in [0.1, 0.15) is 0 Å². The zero-order valence-corrected chi connectivity index (χ0v) is 5.74. The van der Waals surface area contributed by atoms with Gasteiger partial charge in [-0.15, -0.1) is 0 Å². The topological polar surface area (TPSA) is 132 Å². The van der Waals surface area contributed by atoms with Gasteiger partial charge in [0.1, 0.15) is 0 Å². The minimum atomic E-state index is -4.67. The van der Waals surface area contributed by atoms with Gasteiger partial charge >= 0.3 is 138 Å². The minimum absolute atomic E-state index is 0. The van der Waals surface area contributed by atoms with E-state index < -0.39 is 19.6 Å². The van der Waals surface area contributed by atoms with Crippen molar-refractivity contribution in [2.24, 2.45) is 0 Å². The zero-order valence-electron chi connectivity index (χ0n) is 3.92. The summed E-state index contributed by atoms with van der Waals surface area (Å²) >= 11 is 0. The van der Waals surface area contributed by atoms with Gasteiger partial charge < -0.3 is 9.59 Å². The molecular weight excluding hydrogens is 301 g/mol. The fourth-order valence-electron chi connectivity index (χ4n) is 0. The van der Waals surface area contributed by atoms with Crippen LogP contribution in [0.15, 0.2) is 0 Å². The molecule has 0 saturated carbocycles. The summed E-state index contributed by atoms with van der Waals surface area (Å²) < 4.78 is 40.3. The third kappa shape index (κ3) is 201. The van der Waals surface area contributed by atoms with Gasteiger partial charge in [0.2, 0.25) is 0 Å². The van der Waals surface area contributed by atoms with E-state index in [1.165, 1.54) is 0 Å². The van der Waals surface area contributed by atoms with Crippen molar-refractivity contribution in [2.75, 3.05) is 0 Å². The van der Waals surface area contributed by atoms with E-state index in [4.69, 9.17) is 31.6 Å². The van der Waals surface area contributed by atoms with Crippen LogP contribution in [0.25, 0.3) is 0 Å². The van der Waals surface area contributed by atoms with E-state index in [1.807, 2.05) is 0 Å². The van der Waals surface area contributed by atoms with Crippen molar-refractivity contribution >= 4 is 156 Å². The Morgan fingerprint density at radius 2 is 1.08 bits per heavy atom. The molecule has 13 heteroatoms. The molecule has 0 aliphatic heterocycles. The molecule has 0 rings (SSSR count). The molecule has 0 aliphatic carbocycles.